The highest BCUT2D eigenvalue weighted by molar-refractivity contribution is 5.75. The first kappa shape index (κ1) is 19.8. The number of benzene rings is 2. The SMILES string of the molecule is C=CCc1cc(CC)cc(-c2cc(CC=C)c(O)c(C(C)NC)c2)c1O. The van der Waals surface area contributed by atoms with Gasteiger partial charge in [-0.25, -0.2) is 0 Å². The molecule has 0 spiro atoms. The molecule has 1 atom stereocenters. The number of phenols is 2. The number of aromatic hydroxyl groups is 2. The van der Waals surface area contributed by atoms with Gasteiger partial charge in [-0.1, -0.05) is 25.1 Å². The van der Waals surface area contributed by atoms with Gasteiger partial charge >= 0.3 is 0 Å². The Kier molecular flexibility index (Phi) is 6.64. The number of hydrogen-bond donors (Lipinski definition) is 3. The maximum atomic E-state index is 10.8. The number of aryl methyl sites for hydroxylation is 1. The van der Waals surface area contributed by atoms with Gasteiger partial charge in [-0.15, -0.1) is 13.2 Å². The number of nitrogens with one attached hydrogen (secondary N) is 1. The molecule has 3 heteroatoms. The number of rotatable bonds is 8. The zero-order valence-electron chi connectivity index (χ0n) is 16.0. The Labute approximate surface area is 156 Å². The fourth-order valence-electron chi connectivity index (χ4n) is 3.17. The van der Waals surface area contributed by atoms with Crippen molar-refractivity contribution >= 4 is 0 Å². The quantitative estimate of drug-likeness (QED) is 0.582. The van der Waals surface area contributed by atoms with Gasteiger partial charge in [-0.2, -0.15) is 0 Å². The topological polar surface area (TPSA) is 52.5 Å². The first-order chi connectivity index (χ1) is 12.5. The largest absolute Gasteiger partial charge is 0.507 e. The van der Waals surface area contributed by atoms with Crippen molar-refractivity contribution < 1.29 is 10.2 Å². The van der Waals surface area contributed by atoms with E-state index in [1.54, 1.807) is 12.2 Å². The van der Waals surface area contributed by atoms with E-state index >= 15 is 0 Å². The Morgan fingerprint density at radius 3 is 2.15 bits per heavy atom. The van der Waals surface area contributed by atoms with Crippen LogP contribution in [0.25, 0.3) is 11.1 Å². The highest BCUT2D eigenvalue weighted by Gasteiger charge is 2.17. The molecular formula is C23H29NO2. The lowest BCUT2D eigenvalue weighted by Crippen LogP contribution is -2.13. The molecule has 26 heavy (non-hydrogen) atoms. The summed E-state index contributed by atoms with van der Waals surface area (Å²) in [4.78, 5) is 0. The molecule has 0 fully saturated rings. The van der Waals surface area contributed by atoms with Crippen LogP contribution in [0.1, 0.15) is 42.1 Å². The molecule has 2 aromatic carbocycles. The summed E-state index contributed by atoms with van der Waals surface area (Å²) < 4.78 is 0. The molecule has 0 saturated heterocycles. The average Bonchev–Trinajstić information content (AvgIpc) is 2.64. The normalized spacial score (nSPS) is 12.0. The van der Waals surface area contributed by atoms with E-state index < -0.39 is 0 Å². The molecule has 0 heterocycles. The van der Waals surface area contributed by atoms with Gasteiger partial charge in [0.05, 0.1) is 0 Å². The highest BCUT2D eigenvalue weighted by atomic mass is 16.3. The maximum Gasteiger partial charge on any atom is 0.126 e. The van der Waals surface area contributed by atoms with Crippen LogP contribution >= 0.6 is 0 Å². The second-order valence-corrected chi connectivity index (χ2v) is 6.57. The van der Waals surface area contributed by atoms with Gasteiger partial charge in [-0.3, -0.25) is 0 Å². The standard InChI is InChI=1S/C23H29NO2/c1-6-9-17-11-16(8-3)12-21(23(17)26)19-13-18(10-7-2)22(25)20(14-19)15(4)24-5/h6-7,11-15,24-26H,1-2,8-10H2,3-5H3. The fraction of sp³-hybridized carbons (Fsp3) is 0.304. The summed E-state index contributed by atoms with van der Waals surface area (Å²) in [6.45, 7) is 11.7. The highest BCUT2D eigenvalue weighted by Crippen LogP contribution is 2.39. The van der Waals surface area contributed by atoms with Gasteiger partial charge in [-0.05, 0) is 73.7 Å². The molecule has 3 N–H and O–H groups in total. The minimum absolute atomic E-state index is 0.0114. The third-order valence-electron chi connectivity index (χ3n) is 4.81. The number of phenolic OH excluding ortho intramolecular Hbond substituents is 2. The predicted molar refractivity (Wildman–Crippen MR) is 110 cm³/mol. The van der Waals surface area contributed by atoms with Crippen LogP contribution in [0.3, 0.4) is 0 Å². The summed E-state index contributed by atoms with van der Waals surface area (Å²) in [5, 5.41) is 24.6. The first-order valence-electron chi connectivity index (χ1n) is 9.06. The number of allylic oxidation sites excluding steroid dienone is 2. The molecule has 1 unspecified atom stereocenters. The lowest BCUT2D eigenvalue weighted by molar-refractivity contribution is 0.452. The van der Waals surface area contributed by atoms with Crippen LogP contribution < -0.4 is 5.32 Å². The third kappa shape index (κ3) is 4.00. The zero-order valence-corrected chi connectivity index (χ0v) is 16.0. The van der Waals surface area contributed by atoms with Crippen molar-refractivity contribution in [2.45, 2.75) is 39.2 Å². The van der Waals surface area contributed by atoms with Crippen LogP contribution in [0.5, 0.6) is 11.5 Å². The van der Waals surface area contributed by atoms with E-state index in [9.17, 15) is 10.2 Å². The molecule has 3 nitrogen and oxygen atoms in total. The first-order valence-corrected chi connectivity index (χ1v) is 9.06. The van der Waals surface area contributed by atoms with E-state index in [2.05, 4.69) is 25.4 Å². The molecule has 2 rings (SSSR count). The van der Waals surface area contributed by atoms with Crippen LogP contribution in [0.2, 0.25) is 0 Å². The molecule has 0 aliphatic rings. The minimum Gasteiger partial charge on any atom is -0.507 e. The van der Waals surface area contributed by atoms with Crippen LogP contribution in [0.15, 0.2) is 49.6 Å². The van der Waals surface area contributed by atoms with Crippen molar-refractivity contribution in [1.82, 2.24) is 5.32 Å². The van der Waals surface area contributed by atoms with E-state index in [-0.39, 0.29) is 17.5 Å². The third-order valence-corrected chi connectivity index (χ3v) is 4.81. The Balaban J connectivity index is 2.74. The lowest BCUT2D eigenvalue weighted by Gasteiger charge is -2.19. The summed E-state index contributed by atoms with van der Waals surface area (Å²) in [6.07, 6.45) is 5.64. The van der Waals surface area contributed by atoms with Crippen molar-refractivity contribution in [1.29, 1.82) is 0 Å². The van der Waals surface area contributed by atoms with Crippen molar-refractivity contribution in [3.63, 3.8) is 0 Å². The van der Waals surface area contributed by atoms with Crippen LogP contribution in [-0.2, 0) is 19.3 Å². The summed E-state index contributed by atoms with van der Waals surface area (Å²) in [6, 6.07) is 7.94. The lowest BCUT2D eigenvalue weighted by atomic mass is 9.91. The smallest absolute Gasteiger partial charge is 0.126 e. The van der Waals surface area contributed by atoms with E-state index in [0.29, 0.717) is 12.8 Å². The molecule has 0 aromatic heterocycles. The van der Waals surface area contributed by atoms with Gasteiger partial charge in [0.15, 0.2) is 0 Å². The van der Waals surface area contributed by atoms with Crippen LogP contribution in [-0.4, -0.2) is 17.3 Å². The molecule has 0 aliphatic carbocycles. The second kappa shape index (κ2) is 8.72. The fourth-order valence-corrected chi connectivity index (χ4v) is 3.17. The van der Waals surface area contributed by atoms with Gasteiger partial charge in [0.1, 0.15) is 11.5 Å². The van der Waals surface area contributed by atoms with E-state index in [0.717, 1.165) is 39.8 Å². The number of hydrogen-bond acceptors (Lipinski definition) is 3. The van der Waals surface area contributed by atoms with E-state index in [4.69, 9.17) is 0 Å². The monoisotopic (exact) mass is 351 g/mol. The minimum atomic E-state index is -0.0114. The summed E-state index contributed by atoms with van der Waals surface area (Å²) >= 11 is 0. The zero-order chi connectivity index (χ0) is 19.3. The Morgan fingerprint density at radius 1 is 1.00 bits per heavy atom. The van der Waals surface area contributed by atoms with Gasteiger partial charge in [0, 0.05) is 17.2 Å². The molecule has 0 bridgehead atoms. The summed E-state index contributed by atoms with van der Waals surface area (Å²) in [5.74, 6) is 0.563. The van der Waals surface area contributed by atoms with E-state index in [1.165, 1.54) is 0 Å². The molecule has 0 saturated carbocycles. The average molecular weight is 351 g/mol. The van der Waals surface area contributed by atoms with Crippen molar-refractivity contribution in [3.8, 4) is 22.6 Å². The molecule has 138 valence electrons. The van der Waals surface area contributed by atoms with Gasteiger partial charge in [0.2, 0.25) is 0 Å². The second-order valence-electron chi connectivity index (χ2n) is 6.57. The Hall–Kier alpha value is -2.52. The van der Waals surface area contributed by atoms with Gasteiger partial charge < -0.3 is 15.5 Å². The van der Waals surface area contributed by atoms with Crippen molar-refractivity contribution in [2.75, 3.05) is 7.05 Å². The molecule has 2 aromatic rings. The Bertz CT molecular complexity index is 808. The molecule has 0 aliphatic heterocycles. The van der Waals surface area contributed by atoms with Crippen LogP contribution in [0.4, 0.5) is 0 Å². The van der Waals surface area contributed by atoms with Crippen LogP contribution in [0, 0.1) is 0 Å². The summed E-state index contributed by atoms with van der Waals surface area (Å²) in [7, 11) is 1.86. The molecule has 0 radical (unpaired) electrons. The van der Waals surface area contributed by atoms with Gasteiger partial charge in [0.25, 0.3) is 0 Å². The Morgan fingerprint density at radius 2 is 1.62 bits per heavy atom. The summed E-state index contributed by atoms with van der Waals surface area (Å²) in [5.41, 5.74) is 5.34. The van der Waals surface area contributed by atoms with E-state index in [1.807, 2.05) is 38.2 Å². The van der Waals surface area contributed by atoms with Crippen molar-refractivity contribution in [2.24, 2.45) is 0 Å². The predicted octanol–water partition coefficient (Wildman–Crippen LogP) is 5.06. The molecule has 0 amide bonds. The van der Waals surface area contributed by atoms with Crippen molar-refractivity contribution in [3.05, 3.63) is 71.8 Å². The molecular weight excluding hydrogens is 322 g/mol. The maximum absolute atomic E-state index is 10.8.